The summed E-state index contributed by atoms with van der Waals surface area (Å²) in [6.07, 6.45) is -0.312. The van der Waals surface area contributed by atoms with E-state index in [4.69, 9.17) is 10.5 Å². The molecule has 0 aliphatic rings. The van der Waals surface area contributed by atoms with Crippen LogP contribution in [0.2, 0.25) is 0 Å². The molecule has 4 heteroatoms. The Hall–Kier alpha value is -0.770. The molecule has 0 spiro atoms. The molecular weight excluding hydrogens is 132 g/mol. The minimum atomic E-state index is -0.312. The van der Waals surface area contributed by atoms with E-state index >= 15 is 0 Å². The van der Waals surface area contributed by atoms with Crippen molar-refractivity contribution in [2.75, 3.05) is 26.7 Å². The van der Waals surface area contributed by atoms with Crippen molar-refractivity contribution in [3.05, 3.63) is 0 Å². The summed E-state index contributed by atoms with van der Waals surface area (Å²) in [5.74, 6) is 0. The number of carbonyl (C=O) groups excluding carboxylic acids is 1. The van der Waals surface area contributed by atoms with E-state index in [1.807, 2.05) is 6.92 Å². The van der Waals surface area contributed by atoms with Gasteiger partial charge in [-0.2, -0.15) is 0 Å². The molecule has 0 unspecified atom stereocenters. The lowest BCUT2D eigenvalue weighted by atomic mass is 10.6. The van der Waals surface area contributed by atoms with Gasteiger partial charge in [0, 0.05) is 20.1 Å². The van der Waals surface area contributed by atoms with Crippen molar-refractivity contribution in [2.45, 2.75) is 6.92 Å². The minimum Gasteiger partial charge on any atom is -0.448 e. The highest BCUT2D eigenvalue weighted by Gasteiger charge is 2.04. The number of nitrogens with zero attached hydrogens (tertiary/aromatic N) is 1. The van der Waals surface area contributed by atoms with Gasteiger partial charge in [-0.3, -0.25) is 0 Å². The van der Waals surface area contributed by atoms with Crippen molar-refractivity contribution in [3.63, 3.8) is 0 Å². The zero-order chi connectivity index (χ0) is 7.98. The van der Waals surface area contributed by atoms with Gasteiger partial charge in [0.05, 0.1) is 0 Å². The third kappa shape index (κ3) is 3.29. The third-order valence-electron chi connectivity index (χ3n) is 1.13. The summed E-state index contributed by atoms with van der Waals surface area (Å²) in [5, 5.41) is 0. The number of hydrogen-bond acceptors (Lipinski definition) is 3. The first-order chi connectivity index (χ1) is 4.72. The lowest BCUT2D eigenvalue weighted by Gasteiger charge is -2.13. The maximum atomic E-state index is 10.8. The molecule has 60 valence electrons. The van der Waals surface area contributed by atoms with Gasteiger partial charge in [0.2, 0.25) is 0 Å². The predicted molar refractivity (Wildman–Crippen MR) is 38.7 cm³/mol. The molecule has 0 aliphatic carbocycles. The van der Waals surface area contributed by atoms with Crippen LogP contribution in [-0.4, -0.2) is 37.7 Å². The Morgan fingerprint density at radius 1 is 1.70 bits per heavy atom. The van der Waals surface area contributed by atoms with Gasteiger partial charge in [-0.15, -0.1) is 0 Å². The van der Waals surface area contributed by atoms with Crippen LogP contribution in [0.5, 0.6) is 0 Å². The van der Waals surface area contributed by atoms with Gasteiger partial charge in [0.1, 0.15) is 6.61 Å². The van der Waals surface area contributed by atoms with Crippen LogP contribution in [-0.2, 0) is 4.74 Å². The number of rotatable bonds is 3. The van der Waals surface area contributed by atoms with E-state index in [2.05, 4.69) is 0 Å². The molecule has 0 fully saturated rings. The molecule has 1 amide bonds. The molecule has 0 aromatic rings. The second kappa shape index (κ2) is 5.05. The van der Waals surface area contributed by atoms with Gasteiger partial charge in [-0.1, -0.05) is 0 Å². The zero-order valence-corrected chi connectivity index (χ0v) is 6.46. The molecular formula is C6H14N2O2. The molecule has 0 aromatic heterocycles. The van der Waals surface area contributed by atoms with E-state index in [0.29, 0.717) is 19.7 Å². The van der Waals surface area contributed by atoms with E-state index in [-0.39, 0.29) is 6.09 Å². The standard InChI is InChI=1S/C6H14N2O2/c1-3-8(2)6(9)10-5-4-7/h3-5,7H2,1-2H3. The van der Waals surface area contributed by atoms with E-state index in [0.717, 1.165) is 0 Å². The van der Waals surface area contributed by atoms with Crippen LogP contribution >= 0.6 is 0 Å². The normalized spacial score (nSPS) is 9.10. The Kier molecular flexibility index (Phi) is 4.66. The van der Waals surface area contributed by atoms with Gasteiger partial charge in [0.25, 0.3) is 0 Å². The van der Waals surface area contributed by atoms with E-state index in [1.54, 1.807) is 7.05 Å². The maximum Gasteiger partial charge on any atom is 0.409 e. The molecule has 2 N–H and O–H groups in total. The zero-order valence-electron chi connectivity index (χ0n) is 6.46. The molecule has 4 nitrogen and oxygen atoms in total. The van der Waals surface area contributed by atoms with Gasteiger partial charge < -0.3 is 15.4 Å². The smallest absolute Gasteiger partial charge is 0.409 e. The average Bonchev–Trinajstić information content (AvgIpc) is 1.98. The lowest BCUT2D eigenvalue weighted by Crippen LogP contribution is -2.28. The molecule has 0 bridgehead atoms. The molecule has 0 aromatic carbocycles. The Bertz CT molecular complexity index is 106. The van der Waals surface area contributed by atoms with Crippen molar-refractivity contribution < 1.29 is 9.53 Å². The second-order valence-corrected chi connectivity index (χ2v) is 1.92. The van der Waals surface area contributed by atoms with Crippen LogP contribution in [0.3, 0.4) is 0 Å². The van der Waals surface area contributed by atoms with E-state index in [9.17, 15) is 4.79 Å². The van der Waals surface area contributed by atoms with Gasteiger partial charge in [-0.25, -0.2) is 4.79 Å². The Morgan fingerprint density at radius 2 is 2.30 bits per heavy atom. The highest BCUT2D eigenvalue weighted by atomic mass is 16.6. The summed E-state index contributed by atoms with van der Waals surface area (Å²) in [7, 11) is 1.68. The molecule has 10 heavy (non-hydrogen) atoms. The molecule has 0 rings (SSSR count). The van der Waals surface area contributed by atoms with Crippen molar-refractivity contribution in [2.24, 2.45) is 5.73 Å². The molecule has 0 saturated heterocycles. The van der Waals surface area contributed by atoms with E-state index in [1.165, 1.54) is 4.90 Å². The van der Waals surface area contributed by atoms with Crippen molar-refractivity contribution in [1.82, 2.24) is 4.90 Å². The first kappa shape index (κ1) is 9.23. The third-order valence-corrected chi connectivity index (χ3v) is 1.13. The largest absolute Gasteiger partial charge is 0.448 e. The van der Waals surface area contributed by atoms with Crippen molar-refractivity contribution >= 4 is 6.09 Å². The maximum absolute atomic E-state index is 10.8. The minimum absolute atomic E-state index is 0.295. The highest BCUT2D eigenvalue weighted by Crippen LogP contribution is 1.87. The first-order valence-electron chi connectivity index (χ1n) is 3.30. The summed E-state index contributed by atoms with van der Waals surface area (Å²) in [6.45, 7) is 3.21. The van der Waals surface area contributed by atoms with Crippen molar-refractivity contribution in [3.8, 4) is 0 Å². The second-order valence-electron chi connectivity index (χ2n) is 1.92. The van der Waals surface area contributed by atoms with Gasteiger partial charge in [-0.05, 0) is 6.92 Å². The van der Waals surface area contributed by atoms with Crippen LogP contribution in [0.1, 0.15) is 6.92 Å². The highest BCUT2D eigenvalue weighted by molar-refractivity contribution is 5.67. The van der Waals surface area contributed by atoms with Gasteiger partial charge in [0.15, 0.2) is 0 Å². The summed E-state index contributed by atoms with van der Waals surface area (Å²) in [4.78, 5) is 12.3. The average molecular weight is 146 g/mol. The number of hydrogen-bond donors (Lipinski definition) is 1. The fraction of sp³-hybridized carbons (Fsp3) is 0.833. The summed E-state index contributed by atoms with van der Waals surface area (Å²) in [5.41, 5.74) is 5.12. The van der Waals surface area contributed by atoms with Crippen molar-refractivity contribution in [1.29, 1.82) is 0 Å². The van der Waals surface area contributed by atoms with Crippen LogP contribution in [0.15, 0.2) is 0 Å². The Labute approximate surface area is 60.9 Å². The van der Waals surface area contributed by atoms with Gasteiger partial charge >= 0.3 is 6.09 Å². The Morgan fingerprint density at radius 3 is 2.70 bits per heavy atom. The van der Waals surface area contributed by atoms with Crippen LogP contribution in [0.4, 0.5) is 4.79 Å². The lowest BCUT2D eigenvalue weighted by molar-refractivity contribution is 0.115. The fourth-order valence-electron chi connectivity index (χ4n) is 0.386. The monoisotopic (exact) mass is 146 g/mol. The molecule has 0 aliphatic heterocycles. The molecule has 0 heterocycles. The topological polar surface area (TPSA) is 55.6 Å². The number of ether oxygens (including phenoxy) is 1. The molecule has 0 atom stereocenters. The number of carbonyl (C=O) groups is 1. The quantitative estimate of drug-likeness (QED) is 0.611. The van der Waals surface area contributed by atoms with Crippen LogP contribution < -0.4 is 5.73 Å². The molecule has 0 radical (unpaired) electrons. The summed E-state index contributed by atoms with van der Waals surface area (Å²) in [6, 6.07) is 0. The predicted octanol–water partition coefficient (Wildman–Crippen LogP) is 0.0334. The Balaban J connectivity index is 3.42. The fourth-order valence-corrected chi connectivity index (χ4v) is 0.386. The SMILES string of the molecule is CCN(C)C(=O)OCCN. The number of amides is 1. The van der Waals surface area contributed by atoms with Crippen LogP contribution in [0, 0.1) is 0 Å². The number of nitrogens with two attached hydrogens (primary N) is 1. The van der Waals surface area contributed by atoms with Crippen LogP contribution in [0.25, 0.3) is 0 Å². The summed E-state index contributed by atoms with van der Waals surface area (Å²) >= 11 is 0. The first-order valence-corrected chi connectivity index (χ1v) is 3.30. The van der Waals surface area contributed by atoms with E-state index < -0.39 is 0 Å². The molecule has 0 saturated carbocycles. The summed E-state index contributed by atoms with van der Waals surface area (Å²) < 4.78 is 4.71.